The predicted molar refractivity (Wildman–Crippen MR) is 122 cm³/mol. The maximum atomic E-state index is 11.3. The van der Waals surface area contributed by atoms with Crippen LogP contribution in [0.15, 0.2) is 30.3 Å². The van der Waals surface area contributed by atoms with E-state index >= 15 is 0 Å². The topological polar surface area (TPSA) is 61.4 Å². The predicted octanol–water partition coefficient (Wildman–Crippen LogP) is 6.03. The molecule has 0 fully saturated rings. The van der Waals surface area contributed by atoms with E-state index in [2.05, 4.69) is 54.8 Å². The minimum atomic E-state index is -0.795. The van der Waals surface area contributed by atoms with Crippen LogP contribution in [0.25, 0.3) is 0 Å². The van der Waals surface area contributed by atoms with Gasteiger partial charge >= 0.3 is 5.97 Å². The van der Waals surface area contributed by atoms with E-state index in [1.54, 1.807) is 13.8 Å². The Bertz CT molecular complexity index is 854. The fourth-order valence-corrected chi connectivity index (χ4v) is 3.45. The average molecular weight is 417 g/mol. The van der Waals surface area contributed by atoms with E-state index < -0.39 is 11.4 Å². The summed E-state index contributed by atoms with van der Waals surface area (Å²) in [6.45, 7) is 12.8. The van der Waals surface area contributed by atoms with Gasteiger partial charge in [-0.1, -0.05) is 36.7 Å². The van der Waals surface area contributed by atoms with Crippen molar-refractivity contribution >= 4 is 23.3 Å². The van der Waals surface area contributed by atoms with E-state index in [4.69, 9.17) is 11.6 Å². The SMILES string of the molecule is CC[C@@H](Nc1ccc(C)c(CNCC(C)(C)C(=O)O)c1)c1cc(C)c(Cl)c(C)c1. The molecule has 0 aliphatic heterocycles. The Hall–Kier alpha value is -2.04. The summed E-state index contributed by atoms with van der Waals surface area (Å²) in [6.07, 6.45) is 0.953. The summed E-state index contributed by atoms with van der Waals surface area (Å²) >= 11 is 6.33. The monoisotopic (exact) mass is 416 g/mol. The van der Waals surface area contributed by atoms with E-state index in [-0.39, 0.29) is 6.04 Å². The van der Waals surface area contributed by atoms with Crippen LogP contribution < -0.4 is 10.6 Å². The van der Waals surface area contributed by atoms with Crippen LogP contribution in [0.2, 0.25) is 5.02 Å². The number of carbonyl (C=O) groups is 1. The Morgan fingerprint density at radius 1 is 1.10 bits per heavy atom. The Morgan fingerprint density at radius 2 is 1.72 bits per heavy atom. The zero-order valence-electron chi connectivity index (χ0n) is 18.3. The van der Waals surface area contributed by atoms with Crippen LogP contribution in [-0.4, -0.2) is 17.6 Å². The first-order valence-corrected chi connectivity index (χ1v) is 10.5. The smallest absolute Gasteiger partial charge is 0.310 e. The van der Waals surface area contributed by atoms with Crippen molar-refractivity contribution in [3.63, 3.8) is 0 Å². The van der Waals surface area contributed by atoms with Crippen LogP contribution in [-0.2, 0) is 11.3 Å². The molecule has 0 unspecified atom stereocenters. The molecule has 0 saturated heterocycles. The van der Waals surface area contributed by atoms with Gasteiger partial charge in [-0.15, -0.1) is 0 Å². The molecule has 0 aliphatic carbocycles. The summed E-state index contributed by atoms with van der Waals surface area (Å²) < 4.78 is 0. The Balaban J connectivity index is 2.14. The molecule has 158 valence electrons. The second-order valence-electron chi connectivity index (χ2n) is 8.51. The van der Waals surface area contributed by atoms with Crippen LogP contribution >= 0.6 is 11.6 Å². The summed E-state index contributed by atoms with van der Waals surface area (Å²) in [5.41, 5.74) is 6.03. The zero-order valence-corrected chi connectivity index (χ0v) is 19.1. The van der Waals surface area contributed by atoms with Crippen molar-refractivity contribution in [1.82, 2.24) is 5.32 Å². The third-order valence-corrected chi connectivity index (χ3v) is 6.02. The summed E-state index contributed by atoms with van der Waals surface area (Å²) in [5.74, 6) is -0.795. The van der Waals surface area contributed by atoms with Crippen LogP contribution in [0.3, 0.4) is 0 Å². The molecule has 0 amide bonds. The van der Waals surface area contributed by atoms with Gasteiger partial charge < -0.3 is 15.7 Å². The van der Waals surface area contributed by atoms with Gasteiger partial charge in [0.05, 0.1) is 11.5 Å². The molecular formula is C24H33ClN2O2. The lowest BCUT2D eigenvalue weighted by Gasteiger charge is -2.22. The van der Waals surface area contributed by atoms with Gasteiger partial charge in [0.15, 0.2) is 0 Å². The first kappa shape index (κ1) is 23.2. The van der Waals surface area contributed by atoms with Crippen molar-refractivity contribution in [1.29, 1.82) is 0 Å². The highest BCUT2D eigenvalue weighted by Gasteiger charge is 2.26. The second kappa shape index (κ2) is 9.64. The fraction of sp³-hybridized carbons (Fsp3) is 0.458. The third kappa shape index (κ3) is 5.97. The Kier molecular flexibility index (Phi) is 7.73. The molecule has 2 rings (SSSR count). The molecular weight excluding hydrogens is 384 g/mol. The number of anilines is 1. The quantitative estimate of drug-likeness (QED) is 0.467. The first-order chi connectivity index (χ1) is 13.5. The highest BCUT2D eigenvalue weighted by Crippen LogP contribution is 2.29. The van der Waals surface area contributed by atoms with E-state index in [0.717, 1.165) is 33.8 Å². The largest absolute Gasteiger partial charge is 0.481 e. The molecule has 3 N–H and O–H groups in total. The van der Waals surface area contributed by atoms with E-state index in [0.29, 0.717) is 13.1 Å². The minimum absolute atomic E-state index is 0.194. The molecule has 0 spiro atoms. The van der Waals surface area contributed by atoms with Crippen LogP contribution in [0.1, 0.15) is 61.1 Å². The second-order valence-corrected chi connectivity index (χ2v) is 8.89. The molecule has 0 radical (unpaired) electrons. The van der Waals surface area contributed by atoms with Crippen LogP contribution in [0.4, 0.5) is 5.69 Å². The molecule has 4 nitrogen and oxygen atoms in total. The number of hydrogen-bond donors (Lipinski definition) is 3. The van der Waals surface area contributed by atoms with Gasteiger partial charge in [-0.25, -0.2) is 0 Å². The number of aryl methyl sites for hydroxylation is 3. The van der Waals surface area contributed by atoms with Crippen molar-refractivity contribution in [2.45, 2.75) is 60.5 Å². The van der Waals surface area contributed by atoms with Gasteiger partial charge in [0.25, 0.3) is 0 Å². The number of halogens is 1. The number of carboxylic acid groups (broad SMARTS) is 1. The van der Waals surface area contributed by atoms with Gasteiger partial charge in [0.2, 0.25) is 0 Å². The fourth-order valence-electron chi connectivity index (χ4n) is 3.34. The molecule has 2 aromatic carbocycles. The maximum Gasteiger partial charge on any atom is 0.310 e. The van der Waals surface area contributed by atoms with Crippen molar-refractivity contribution in [2.75, 3.05) is 11.9 Å². The number of carboxylic acids is 1. The number of hydrogen-bond acceptors (Lipinski definition) is 3. The number of benzene rings is 2. The maximum absolute atomic E-state index is 11.3. The molecule has 0 aromatic heterocycles. The highest BCUT2D eigenvalue weighted by atomic mass is 35.5. The average Bonchev–Trinajstić information content (AvgIpc) is 2.65. The van der Waals surface area contributed by atoms with Crippen molar-refractivity contribution in [3.05, 3.63) is 63.2 Å². The number of aliphatic carboxylic acids is 1. The van der Waals surface area contributed by atoms with Crippen molar-refractivity contribution in [2.24, 2.45) is 5.41 Å². The standard InChI is InChI=1S/C24H33ClN2O2/c1-7-21(18-10-16(3)22(25)17(4)11-18)27-20-9-8-15(2)19(12-20)13-26-14-24(5,6)23(28)29/h8-12,21,26-27H,7,13-14H2,1-6H3,(H,28,29)/t21-/m1/s1. The molecule has 0 bridgehead atoms. The summed E-state index contributed by atoms with van der Waals surface area (Å²) in [7, 11) is 0. The van der Waals surface area contributed by atoms with E-state index in [1.807, 2.05) is 13.8 Å². The lowest BCUT2D eigenvalue weighted by atomic mass is 9.94. The molecule has 0 saturated carbocycles. The number of rotatable bonds is 9. The van der Waals surface area contributed by atoms with Gasteiger partial charge in [-0.05, 0) is 81.0 Å². The first-order valence-electron chi connectivity index (χ1n) is 10.1. The molecule has 5 heteroatoms. The summed E-state index contributed by atoms with van der Waals surface area (Å²) in [6, 6.07) is 10.8. The van der Waals surface area contributed by atoms with Gasteiger partial charge in [-0.2, -0.15) is 0 Å². The lowest BCUT2D eigenvalue weighted by Crippen LogP contribution is -2.35. The normalized spacial score (nSPS) is 12.7. The van der Waals surface area contributed by atoms with E-state index in [1.165, 1.54) is 11.1 Å². The van der Waals surface area contributed by atoms with E-state index in [9.17, 15) is 9.90 Å². The number of nitrogens with one attached hydrogen (secondary N) is 2. The summed E-state index contributed by atoms with van der Waals surface area (Å²) in [4.78, 5) is 11.3. The van der Waals surface area contributed by atoms with Crippen LogP contribution in [0.5, 0.6) is 0 Å². The van der Waals surface area contributed by atoms with Gasteiger partial charge in [-0.3, -0.25) is 4.79 Å². The highest BCUT2D eigenvalue weighted by molar-refractivity contribution is 6.32. The molecule has 29 heavy (non-hydrogen) atoms. The molecule has 2 aromatic rings. The summed E-state index contributed by atoms with van der Waals surface area (Å²) in [5, 5.41) is 17.0. The van der Waals surface area contributed by atoms with Crippen molar-refractivity contribution < 1.29 is 9.90 Å². The molecule has 0 heterocycles. The van der Waals surface area contributed by atoms with Gasteiger partial charge in [0.1, 0.15) is 0 Å². The van der Waals surface area contributed by atoms with Crippen molar-refractivity contribution in [3.8, 4) is 0 Å². The lowest BCUT2D eigenvalue weighted by molar-refractivity contribution is -0.146. The van der Waals surface area contributed by atoms with Crippen LogP contribution in [0, 0.1) is 26.2 Å². The Morgan fingerprint density at radius 3 is 2.28 bits per heavy atom. The third-order valence-electron chi connectivity index (χ3n) is 5.42. The Labute approximate surface area is 179 Å². The molecule has 0 aliphatic rings. The van der Waals surface area contributed by atoms with Gasteiger partial charge in [0, 0.05) is 23.8 Å². The molecule has 1 atom stereocenters. The zero-order chi connectivity index (χ0) is 21.8. The minimum Gasteiger partial charge on any atom is -0.481 e.